The number of hydrogen-bond donors (Lipinski definition) is 0. The lowest BCUT2D eigenvalue weighted by Gasteiger charge is -2.22. The lowest BCUT2D eigenvalue weighted by atomic mass is 10.1. The molecule has 2 aromatic carbocycles. The van der Waals surface area contributed by atoms with E-state index in [0.717, 1.165) is 15.8 Å². The summed E-state index contributed by atoms with van der Waals surface area (Å²) in [6.07, 6.45) is 0. The lowest BCUT2D eigenvalue weighted by molar-refractivity contribution is 0.101. The van der Waals surface area contributed by atoms with E-state index in [2.05, 4.69) is 39.9 Å². The molecule has 0 bridgehead atoms. The molecule has 2 rings (SSSR count). The highest BCUT2D eigenvalue weighted by molar-refractivity contribution is 9.10. The topological polar surface area (TPSA) is 20.3 Å². The second-order valence-electron chi connectivity index (χ2n) is 4.57. The molecular formula is C16H16BrNO. The van der Waals surface area contributed by atoms with Crippen LogP contribution < -0.4 is 4.90 Å². The second kappa shape index (κ2) is 5.57. The Morgan fingerprint density at radius 2 is 1.84 bits per heavy atom. The van der Waals surface area contributed by atoms with E-state index in [0.29, 0.717) is 5.56 Å². The molecule has 0 atom stereocenters. The van der Waals surface area contributed by atoms with Crippen LogP contribution in [0.25, 0.3) is 0 Å². The molecule has 0 aliphatic heterocycles. The van der Waals surface area contributed by atoms with E-state index in [-0.39, 0.29) is 5.78 Å². The van der Waals surface area contributed by atoms with Gasteiger partial charge in [-0.1, -0.05) is 18.2 Å². The van der Waals surface area contributed by atoms with Crippen molar-refractivity contribution in [2.45, 2.75) is 13.8 Å². The summed E-state index contributed by atoms with van der Waals surface area (Å²) in [5.74, 6) is 0.0666. The number of benzene rings is 2. The van der Waals surface area contributed by atoms with Crippen molar-refractivity contribution in [1.29, 1.82) is 0 Å². The molecular weight excluding hydrogens is 302 g/mol. The maximum Gasteiger partial charge on any atom is 0.160 e. The molecule has 3 heteroatoms. The Labute approximate surface area is 122 Å². The normalized spacial score (nSPS) is 10.3. The van der Waals surface area contributed by atoms with E-state index < -0.39 is 0 Å². The van der Waals surface area contributed by atoms with Gasteiger partial charge in [0.25, 0.3) is 0 Å². The Balaban J connectivity index is 2.40. The summed E-state index contributed by atoms with van der Waals surface area (Å²) < 4.78 is 0.831. The SMILES string of the molecule is CC(=O)c1ccc(N(C)c2ccccc2C)cc1Br. The number of anilines is 2. The number of aryl methyl sites for hydroxylation is 1. The number of rotatable bonds is 3. The van der Waals surface area contributed by atoms with Crippen LogP contribution in [0.5, 0.6) is 0 Å². The third-order valence-electron chi connectivity index (χ3n) is 3.20. The third-order valence-corrected chi connectivity index (χ3v) is 3.85. The van der Waals surface area contributed by atoms with Crippen LogP contribution in [0.3, 0.4) is 0 Å². The van der Waals surface area contributed by atoms with E-state index in [4.69, 9.17) is 0 Å². The molecule has 0 aliphatic carbocycles. The fraction of sp³-hybridized carbons (Fsp3) is 0.188. The van der Waals surface area contributed by atoms with Gasteiger partial charge in [-0.25, -0.2) is 0 Å². The molecule has 19 heavy (non-hydrogen) atoms. The average molecular weight is 318 g/mol. The lowest BCUT2D eigenvalue weighted by Crippen LogP contribution is -2.11. The summed E-state index contributed by atoms with van der Waals surface area (Å²) in [6.45, 7) is 3.66. The summed E-state index contributed by atoms with van der Waals surface area (Å²) in [5, 5.41) is 0. The number of Topliss-reactive ketones (excluding diaryl/α,β-unsaturated/α-hetero) is 1. The maximum absolute atomic E-state index is 11.4. The minimum absolute atomic E-state index is 0.0666. The van der Waals surface area contributed by atoms with Crippen molar-refractivity contribution in [2.24, 2.45) is 0 Å². The number of nitrogens with zero attached hydrogens (tertiary/aromatic N) is 1. The van der Waals surface area contributed by atoms with E-state index in [1.807, 2.05) is 37.4 Å². The third kappa shape index (κ3) is 2.87. The quantitative estimate of drug-likeness (QED) is 0.763. The van der Waals surface area contributed by atoms with E-state index in [1.165, 1.54) is 5.56 Å². The van der Waals surface area contributed by atoms with Gasteiger partial charge in [0.1, 0.15) is 0 Å². The van der Waals surface area contributed by atoms with Gasteiger partial charge in [0.15, 0.2) is 5.78 Å². The smallest absolute Gasteiger partial charge is 0.160 e. The first-order valence-electron chi connectivity index (χ1n) is 6.10. The van der Waals surface area contributed by atoms with E-state index in [1.54, 1.807) is 6.92 Å². The summed E-state index contributed by atoms with van der Waals surface area (Å²) in [7, 11) is 2.03. The molecule has 0 fully saturated rings. The molecule has 2 aromatic rings. The molecule has 0 amide bonds. The molecule has 0 radical (unpaired) electrons. The van der Waals surface area contributed by atoms with Crippen LogP contribution in [0.2, 0.25) is 0 Å². The molecule has 0 aliphatic rings. The zero-order chi connectivity index (χ0) is 14.0. The van der Waals surface area contributed by atoms with Crippen molar-refractivity contribution in [3.8, 4) is 0 Å². The Morgan fingerprint density at radius 3 is 2.42 bits per heavy atom. The van der Waals surface area contributed by atoms with Crippen LogP contribution in [-0.2, 0) is 0 Å². The summed E-state index contributed by atoms with van der Waals surface area (Å²) in [5.41, 5.74) is 4.13. The van der Waals surface area contributed by atoms with Gasteiger partial charge in [-0.2, -0.15) is 0 Å². The monoisotopic (exact) mass is 317 g/mol. The molecule has 0 spiro atoms. The average Bonchev–Trinajstić information content (AvgIpc) is 2.38. The number of halogens is 1. The number of carbonyl (C=O) groups excluding carboxylic acids is 1. The summed E-state index contributed by atoms with van der Waals surface area (Å²) in [4.78, 5) is 13.5. The highest BCUT2D eigenvalue weighted by Crippen LogP contribution is 2.30. The van der Waals surface area contributed by atoms with Crippen molar-refractivity contribution in [3.05, 3.63) is 58.1 Å². The number of para-hydroxylation sites is 1. The first kappa shape index (κ1) is 13.8. The fourth-order valence-corrected chi connectivity index (χ4v) is 2.72. The number of ketones is 1. The highest BCUT2D eigenvalue weighted by atomic mass is 79.9. The molecule has 0 N–H and O–H groups in total. The molecule has 0 heterocycles. The first-order chi connectivity index (χ1) is 9.00. The van der Waals surface area contributed by atoms with Gasteiger partial charge < -0.3 is 4.90 Å². The predicted molar refractivity (Wildman–Crippen MR) is 83.4 cm³/mol. The van der Waals surface area contributed by atoms with Crippen LogP contribution >= 0.6 is 15.9 Å². The van der Waals surface area contributed by atoms with Gasteiger partial charge in [-0.3, -0.25) is 4.79 Å². The van der Waals surface area contributed by atoms with Crippen molar-refractivity contribution in [2.75, 3.05) is 11.9 Å². The number of carbonyl (C=O) groups is 1. The summed E-state index contributed by atoms with van der Waals surface area (Å²) >= 11 is 3.46. The van der Waals surface area contributed by atoms with Crippen molar-refractivity contribution in [1.82, 2.24) is 0 Å². The Kier molecular flexibility index (Phi) is 4.05. The number of hydrogen-bond acceptors (Lipinski definition) is 2. The second-order valence-corrected chi connectivity index (χ2v) is 5.42. The van der Waals surface area contributed by atoms with E-state index >= 15 is 0 Å². The minimum Gasteiger partial charge on any atom is -0.344 e. The van der Waals surface area contributed by atoms with Crippen LogP contribution in [-0.4, -0.2) is 12.8 Å². The van der Waals surface area contributed by atoms with Crippen LogP contribution in [0.4, 0.5) is 11.4 Å². The molecule has 0 saturated heterocycles. The van der Waals surface area contributed by atoms with Crippen molar-refractivity contribution >= 4 is 33.1 Å². The Morgan fingerprint density at radius 1 is 1.16 bits per heavy atom. The largest absolute Gasteiger partial charge is 0.344 e. The van der Waals surface area contributed by atoms with Gasteiger partial charge in [-0.15, -0.1) is 0 Å². The maximum atomic E-state index is 11.4. The molecule has 0 aromatic heterocycles. The predicted octanol–water partition coefficient (Wildman–Crippen LogP) is 4.73. The van der Waals surface area contributed by atoms with Crippen LogP contribution in [0.15, 0.2) is 46.9 Å². The minimum atomic E-state index is 0.0666. The van der Waals surface area contributed by atoms with Crippen molar-refractivity contribution in [3.63, 3.8) is 0 Å². The van der Waals surface area contributed by atoms with Gasteiger partial charge in [0.2, 0.25) is 0 Å². The van der Waals surface area contributed by atoms with Gasteiger partial charge in [0.05, 0.1) is 0 Å². The van der Waals surface area contributed by atoms with Crippen LogP contribution in [0.1, 0.15) is 22.8 Å². The fourth-order valence-electron chi connectivity index (χ4n) is 2.08. The Hall–Kier alpha value is -1.61. The van der Waals surface area contributed by atoms with Gasteiger partial charge in [0, 0.05) is 28.5 Å². The molecule has 0 unspecified atom stereocenters. The molecule has 98 valence electrons. The van der Waals surface area contributed by atoms with Crippen molar-refractivity contribution < 1.29 is 4.79 Å². The van der Waals surface area contributed by atoms with E-state index in [9.17, 15) is 4.79 Å². The summed E-state index contributed by atoms with van der Waals surface area (Å²) in [6, 6.07) is 14.0. The molecule has 2 nitrogen and oxygen atoms in total. The van der Waals surface area contributed by atoms with Crippen LogP contribution in [0, 0.1) is 6.92 Å². The highest BCUT2D eigenvalue weighted by Gasteiger charge is 2.10. The first-order valence-corrected chi connectivity index (χ1v) is 6.90. The van der Waals surface area contributed by atoms with Gasteiger partial charge in [-0.05, 0) is 59.6 Å². The Bertz CT molecular complexity index is 622. The van der Waals surface area contributed by atoms with Gasteiger partial charge >= 0.3 is 0 Å². The zero-order valence-corrected chi connectivity index (χ0v) is 12.9. The molecule has 0 saturated carbocycles. The standard InChI is InChI=1S/C16H16BrNO/c1-11-6-4-5-7-16(11)18(3)13-8-9-14(12(2)19)15(17)10-13/h4-10H,1-3H3. The zero-order valence-electron chi connectivity index (χ0n) is 11.3.